The van der Waals surface area contributed by atoms with Crippen molar-refractivity contribution in [3.05, 3.63) is 39.0 Å². The minimum atomic E-state index is -0.223. The molecular formula is C14H15Br2N3O2. The fourth-order valence-electron chi connectivity index (χ4n) is 1.95. The first-order chi connectivity index (χ1) is 9.96. The fraction of sp³-hybridized carbons (Fsp3) is 0.214. The van der Waals surface area contributed by atoms with Gasteiger partial charge in [-0.2, -0.15) is 0 Å². The molecule has 1 heterocycles. The molecule has 0 spiro atoms. The number of hydrogen-bond acceptors (Lipinski definition) is 3. The van der Waals surface area contributed by atoms with Crippen LogP contribution in [0.2, 0.25) is 0 Å². The molecule has 1 aromatic heterocycles. The van der Waals surface area contributed by atoms with Crippen molar-refractivity contribution in [3.63, 3.8) is 0 Å². The van der Waals surface area contributed by atoms with Crippen molar-refractivity contribution in [3.8, 4) is 5.75 Å². The highest BCUT2D eigenvalue weighted by Crippen LogP contribution is 2.34. The van der Waals surface area contributed by atoms with Gasteiger partial charge in [-0.25, -0.2) is 0 Å². The first kappa shape index (κ1) is 15.9. The lowest BCUT2D eigenvalue weighted by Gasteiger charge is -2.12. The van der Waals surface area contributed by atoms with Crippen LogP contribution in [0.4, 0.5) is 11.4 Å². The summed E-state index contributed by atoms with van der Waals surface area (Å²) in [6.45, 7) is 2.62. The van der Waals surface area contributed by atoms with Crippen LogP contribution < -0.4 is 15.8 Å². The van der Waals surface area contributed by atoms with Crippen LogP contribution in [0.1, 0.15) is 17.4 Å². The quantitative estimate of drug-likeness (QED) is 0.794. The molecule has 7 heteroatoms. The number of nitrogens with one attached hydrogen (secondary N) is 1. The molecule has 0 atom stereocenters. The van der Waals surface area contributed by atoms with E-state index in [0.29, 0.717) is 29.4 Å². The van der Waals surface area contributed by atoms with Gasteiger partial charge in [-0.1, -0.05) is 0 Å². The van der Waals surface area contributed by atoms with Gasteiger partial charge in [0.05, 0.1) is 23.0 Å². The molecule has 1 aromatic carbocycles. The monoisotopic (exact) mass is 415 g/mol. The number of halogens is 2. The van der Waals surface area contributed by atoms with Gasteiger partial charge in [0, 0.05) is 23.3 Å². The summed E-state index contributed by atoms with van der Waals surface area (Å²) < 4.78 is 8.59. The highest BCUT2D eigenvalue weighted by Gasteiger charge is 2.15. The molecule has 21 heavy (non-hydrogen) atoms. The molecule has 112 valence electrons. The van der Waals surface area contributed by atoms with Crippen molar-refractivity contribution in [1.82, 2.24) is 4.57 Å². The maximum atomic E-state index is 12.4. The largest absolute Gasteiger partial charge is 0.495 e. The van der Waals surface area contributed by atoms with Gasteiger partial charge >= 0.3 is 0 Å². The van der Waals surface area contributed by atoms with Crippen LogP contribution in [-0.2, 0) is 6.54 Å². The number of benzene rings is 1. The Labute approximate surface area is 139 Å². The van der Waals surface area contributed by atoms with Gasteiger partial charge in [0.25, 0.3) is 5.91 Å². The minimum absolute atomic E-state index is 0.223. The normalized spacial score (nSPS) is 10.5. The van der Waals surface area contributed by atoms with Gasteiger partial charge in [0.2, 0.25) is 0 Å². The van der Waals surface area contributed by atoms with Crippen LogP contribution in [0.5, 0.6) is 5.75 Å². The third-order valence-corrected chi connectivity index (χ3v) is 4.26. The zero-order valence-electron chi connectivity index (χ0n) is 11.6. The number of hydrogen-bond donors (Lipinski definition) is 2. The second kappa shape index (κ2) is 6.53. The highest BCUT2D eigenvalue weighted by molar-refractivity contribution is 9.11. The number of nitrogens with zero attached hydrogens (tertiary/aromatic N) is 1. The van der Waals surface area contributed by atoms with E-state index in [2.05, 4.69) is 37.2 Å². The van der Waals surface area contributed by atoms with Gasteiger partial charge in [-0.15, -0.1) is 0 Å². The van der Waals surface area contributed by atoms with Gasteiger partial charge < -0.3 is 20.4 Å². The Hall–Kier alpha value is -1.47. The van der Waals surface area contributed by atoms with Crippen molar-refractivity contribution in [1.29, 1.82) is 0 Å². The van der Waals surface area contributed by atoms with E-state index in [1.54, 1.807) is 30.0 Å². The molecule has 0 fully saturated rings. The van der Waals surface area contributed by atoms with Crippen LogP contribution in [0.25, 0.3) is 0 Å². The predicted octanol–water partition coefficient (Wildman–Crippen LogP) is 3.88. The van der Waals surface area contributed by atoms with Gasteiger partial charge in [0.15, 0.2) is 0 Å². The lowest BCUT2D eigenvalue weighted by atomic mass is 10.3. The van der Waals surface area contributed by atoms with E-state index in [1.165, 1.54) is 0 Å². The summed E-state index contributed by atoms with van der Waals surface area (Å²) in [4.78, 5) is 12.4. The molecular weight excluding hydrogens is 402 g/mol. The highest BCUT2D eigenvalue weighted by atomic mass is 79.9. The number of nitrogen functional groups attached to an aromatic ring is 1. The maximum absolute atomic E-state index is 12.4. The number of amides is 1. The molecule has 5 nitrogen and oxygen atoms in total. The summed E-state index contributed by atoms with van der Waals surface area (Å²) in [5.74, 6) is 0.414. The van der Waals surface area contributed by atoms with Crippen molar-refractivity contribution in [2.24, 2.45) is 0 Å². The summed E-state index contributed by atoms with van der Waals surface area (Å²) in [5.41, 5.74) is 7.45. The summed E-state index contributed by atoms with van der Waals surface area (Å²) in [6.07, 6.45) is 1.74. The second-order valence-electron chi connectivity index (χ2n) is 4.37. The van der Waals surface area contributed by atoms with Crippen LogP contribution >= 0.6 is 31.9 Å². The van der Waals surface area contributed by atoms with Gasteiger partial charge in [-0.3, -0.25) is 4.79 Å². The molecule has 3 N–H and O–H groups in total. The standard InChI is InChI=1S/C14H15Br2N3O2/c1-3-19-7-8(17)4-12(19)14(20)18-11-6-13(21-2)10(16)5-9(11)15/h4-7H,3,17H2,1-2H3,(H,18,20). The Morgan fingerprint density at radius 1 is 1.33 bits per heavy atom. The predicted molar refractivity (Wildman–Crippen MR) is 90.9 cm³/mol. The molecule has 0 aliphatic heterocycles. The molecule has 2 aromatic rings. The van der Waals surface area contributed by atoms with Crippen LogP contribution in [0.15, 0.2) is 33.3 Å². The maximum Gasteiger partial charge on any atom is 0.272 e. The number of nitrogens with two attached hydrogens (primary N) is 1. The Morgan fingerprint density at radius 3 is 2.67 bits per heavy atom. The number of rotatable bonds is 4. The number of anilines is 2. The van der Waals surface area contributed by atoms with E-state index in [1.807, 2.05) is 13.0 Å². The number of ether oxygens (including phenoxy) is 1. The number of carbonyl (C=O) groups is 1. The molecule has 0 saturated heterocycles. The topological polar surface area (TPSA) is 69.3 Å². The lowest BCUT2D eigenvalue weighted by molar-refractivity contribution is 0.101. The third kappa shape index (κ3) is 3.41. The Bertz CT molecular complexity index is 683. The molecule has 1 amide bonds. The van der Waals surface area contributed by atoms with Crippen molar-refractivity contribution in [2.75, 3.05) is 18.2 Å². The molecule has 0 unspecified atom stereocenters. The van der Waals surface area contributed by atoms with E-state index in [0.717, 1.165) is 8.95 Å². The van der Waals surface area contributed by atoms with Crippen LogP contribution in [0.3, 0.4) is 0 Å². The first-order valence-corrected chi connectivity index (χ1v) is 7.84. The molecule has 0 saturated carbocycles. The lowest BCUT2D eigenvalue weighted by Crippen LogP contribution is -2.16. The van der Waals surface area contributed by atoms with Crippen molar-refractivity contribution in [2.45, 2.75) is 13.5 Å². The third-order valence-electron chi connectivity index (χ3n) is 2.98. The number of methoxy groups -OCH3 is 1. The first-order valence-electron chi connectivity index (χ1n) is 6.26. The second-order valence-corrected chi connectivity index (χ2v) is 6.07. The smallest absolute Gasteiger partial charge is 0.272 e. The van der Waals surface area contributed by atoms with Gasteiger partial charge in [0.1, 0.15) is 11.4 Å². The number of aryl methyl sites for hydroxylation is 1. The van der Waals surface area contributed by atoms with E-state index in [4.69, 9.17) is 10.5 Å². The average Bonchev–Trinajstić information content (AvgIpc) is 2.83. The molecule has 0 radical (unpaired) electrons. The van der Waals surface area contributed by atoms with Crippen molar-refractivity contribution < 1.29 is 9.53 Å². The summed E-state index contributed by atoms with van der Waals surface area (Å²) in [5, 5.41) is 2.85. The molecule has 0 aliphatic carbocycles. The van der Waals surface area contributed by atoms with E-state index in [-0.39, 0.29) is 5.91 Å². The minimum Gasteiger partial charge on any atom is -0.495 e. The SMILES string of the molecule is CCn1cc(N)cc1C(=O)Nc1cc(OC)c(Br)cc1Br. The zero-order valence-corrected chi connectivity index (χ0v) is 14.8. The van der Waals surface area contributed by atoms with E-state index >= 15 is 0 Å². The van der Waals surface area contributed by atoms with E-state index < -0.39 is 0 Å². The summed E-state index contributed by atoms with van der Waals surface area (Å²) in [6, 6.07) is 5.22. The fourth-order valence-corrected chi connectivity index (χ4v) is 3.21. The Morgan fingerprint density at radius 2 is 2.05 bits per heavy atom. The number of aromatic nitrogens is 1. The average molecular weight is 417 g/mol. The van der Waals surface area contributed by atoms with Crippen LogP contribution in [-0.4, -0.2) is 17.6 Å². The van der Waals surface area contributed by atoms with Crippen LogP contribution in [0, 0.1) is 0 Å². The van der Waals surface area contributed by atoms with Gasteiger partial charge in [-0.05, 0) is 50.9 Å². The zero-order chi connectivity index (χ0) is 15.6. The Kier molecular flexibility index (Phi) is 4.95. The van der Waals surface area contributed by atoms with Crippen molar-refractivity contribution >= 4 is 49.1 Å². The summed E-state index contributed by atoms with van der Waals surface area (Å²) >= 11 is 6.81. The van der Waals surface area contributed by atoms with E-state index in [9.17, 15) is 4.79 Å². The molecule has 0 bridgehead atoms. The Balaban J connectivity index is 2.31. The molecule has 0 aliphatic rings. The summed E-state index contributed by atoms with van der Waals surface area (Å²) in [7, 11) is 1.57. The molecule has 2 rings (SSSR count). The number of carbonyl (C=O) groups excluding carboxylic acids is 1.